The number of hydrogen-bond donors (Lipinski definition) is 1. The van der Waals surface area contributed by atoms with E-state index < -0.39 is 11.7 Å². The Morgan fingerprint density at radius 3 is 2.50 bits per heavy atom. The summed E-state index contributed by atoms with van der Waals surface area (Å²) in [5.74, 6) is -1.39. The molecule has 0 unspecified atom stereocenters. The van der Waals surface area contributed by atoms with Gasteiger partial charge in [0.15, 0.2) is 11.6 Å². The molecule has 0 heterocycles. The van der Waals surface area contributed by atoms with Crippen LogP contribution in [0, 0.1) is 0 Å². The lowest BCUT2D eigenvalue weighted by Gasteiger charge is -2.09. The fourth-order valence-electron chi connectivity index (χ4n) is 2.31. The molecular weight excluding hydrogens is 278 g/mol. The van der Waals surface area contributed by atoms with Crippen LogP contribution < -0.4 is 5.32 Å². The average Bonchev–Trinajstić information content (AvgIpc) is 3.05. The zero-order valence-corrected chi connectivity index (χ0v) is 11.7. The van der Waals surface area contributed by atoms with E-state index in [1.165, 1.54) is 5.57 Å². The monoisotopic (exact) mass is 291 g/mol. The molecule has 0 atom stereocenters. The number of rotatable bonds is 3. The average molecular weight is 291 g/mol. The molecule has 2 aliphatic rings. The highest BCUT2D eigenvalue weighted by atomic mass is 16.2. The SMILES string of the molecule is O=C1C=CC(=O)C(C(=O)Nc2ccc(C3=CC=CC3)cc2)=C1. The lowest BCUT2D eigenvalue weighted by Crippen LogP contribution is -2.22. The molecule has 0 spiro atoms. The van der Waals surface area contributed by atoms with Gasteiger partial charge in [-0.3, -0.25) is 14.4 Å². The van der Waals surface area contributed by atoms with E-state index in [0.29, 0.717) is 5.69 Å². The molecule has 0 saturated carbocycles. The van der Waals surface area contributed by atoms with Crippen molar-refractivity contribution in [3.8, 4) is 0 Å². The number of amides is 1. The quantitative estimate of drug-likeness (QED) is 0.687. The van der Waals surface area contributed by atoms with Gasteiger partial charge < -0.3 is 5.32 Å². The summed E-state index contributed by atoms with van der Waals surface area (Å²) in [5.41, 5.74) is 2.75. The van der Waals surface area contributed by atoms with Gasteiger partial charge in [0.1, 0.15) is 0 Å². The van der Waals surface area contributed by atoms with Crippen LogP contribution in [-0.4, -0.2) is 17.5 Å². The number of benzene rings is 1. The first kappa shape index (κ1) is 13.9. The molecule has 0 fully saturated rings. The Kier molecular flexibility index (Phi) is 3.66. The Morgan fingerprint density at radius 1 is 1.05 bits per heavy atom. The number of anilines is 1. The number of hydrogen-bond acceptors (Lipinski definition) is 3. The molecule has 0 aromatic heterocycles. The largest absolute Gasteiger partial charge is 0.322 e. The third-order valence-corrected chi connectivity index (χ3v) is 3.48. The molecule has 22 heavy (non-hydrogen) atoms. The molecule has 0 aliphatic heterocycles. The summed E-state index contributed by atoms with van der Waals surface area (Å²) >= 11 is 0. The minimum absolute atomic E-state index is 0.140. The van der Waals surface area contributed by atoms with E-state index in [0.717, 1.165) is 30.2 Å². The Morgan fingerprint density at radius 2 is 1.82 bits per heavy atom. The summed E-state index contributed by atoms with van der Waals surface area (Å²) in [5, 5.41) is 2.63. The molecule has 4 heteroatoms. The summed E-state index contributed by atoms with van der Waals surface area (Å²) in [6, 6.07) is 7.38. The molecule has 3 rings (SSSR count). The molecule has 2 aliphatic carbocycles. The Labute approximate surface area is 127 Å². The van der Waals surface area contributed by atoms with Crippen molar-refractivity contribution in [3.05, 3.63) is 71.9 Å². The van der Waals surface area contributed by atoms with Gasteiger partial charge in [-0.2, -0.15) is 0 Å². The fourth-order valence-corrected chi connectivity index (χ4v) is 2.31. The number of carbonyl (C=O) groups is 3. The van der Waals surface area contributed by atoms with Crippen LogP contribution in [0.15, 0.2) is 66.3 Å². The second-order valence-electron chi connectivity index (χ2n) is 5.01. The van der Waals surface area contributed by atoms with E-state index in [-0.39, 0.29) is 11.4 Å². The smallest absolute Gasteiger partial charge is 0.259 e. The van der Waals surface area contributed by atoms with E-state index in [2.05, 4.69) is 17.5 Å². The standard InChI is InChI=1S/C18H13NO3/c20-15-9-10-17(21)16(11-15)18(22)19-14-7-5-13(6-8-14)12-3-1-2-4-12/h1-3,5-11H,4H2,(H,19,22). The van der Waals surface area contributed by atoms with Crippen molar-refractivity contribution < 1.29 is 14.4 Å². The van der Waals surface area contributed by atoms with Gasteiger partial charge in [0.25, 0.3) is 5.91 Å². The van der Waals surface area contributed by atoms with Crippen LogP contribution in [0.25, 0.3) is 5.57 Å². The van der Waals surface area contributed by atoms with Crippen molar-refractivity contribution in [2.24, 2.45) is 0 Å². The van der Waals surface area contributed by atoms with Gasteiger partial charge in [0, 0.05) is 11.8 Å². The van der Waals surface area contributed by atoms with Crippen LogP contribution in [-0.2, 0) is 14.4 Å². The minimum Gasteiger partial charge on any atom is -0.322 e. The minimum atomic E-state index is -0.572. The summed E-state index contributed by atoms with van der Waals surface area (Å²) < 4.78 is 0. The lowest BCUT2D eigenvalue weighted by atomic mass is 10.0. The summed E-state index contributed by atoms with van der Waals surface area (Å²) in [4.78, 5) is 34.9. The van der Waals surface area contributed by atoms with E-state index in [4.69, 9.17) is 0 Å². The first-order chi connectivity index (χ1) is 10.6. The van der Waals surface area contributed by atoms with E-state index in [1.807, 2.05) is 18.2 Å². The van der Waals surface area contributed by atoms with Crippen molar-refractivity contribution >= 4 is 28.7 Å². The van der Waals surface area contributed by atoms with Gasteiger partial charge in [-0.05, 0) is 41.8 Å². The van der Waals surface area contributed by atoms with Gasteiger partial charge in [-0.1, -0.05) is 30.4 Å². The fraction of sp³-hybridized carbons (Fsp3) is 0.0556. The van der Waals surface area contributed by atoms with Crippen LogP contribution in [0.3, 0.4) is 0 Å². The Bertz CT molecular complexity index is 777. The maximum atomic E-state index is 12.1. The molecule has 1 aromatic rings. The highest BCUT2D eigenvalue weighted by Gasteiger charge is 2.20. The highest BCUT2D eigenvalue weighted by molar-refractivity contribution is 6.32. The number of nitrogens with one attached hydrogen (secondary N) is 1. The normalized spacial score (nSPS) is 16.5. The van der Waals surface area contributed by atoms with Gasteiger partial charge in [0.05, 0.1) is 5.57 Å². The van der Waals surface area contributed by atoms with Crippen molar-refractivity contribution in [1.82, 2.24) is 0 Å². The third kappa shape index (κ3) is 2.86. The molecule has 1 N–H and O–H groups in total. The molecule has 0 saturated heterocycles. The number of allylic oxidation sites excluding steroid dienone is 7. The van der Waals surface area contributed by atoms with Crippen LogP contribution >= 0.6 is 0 Å². The molecule has 108 valence electrons. The van der Waals surface area contributed by atoms with Gasteiger partial charge >= 0.3 is 0 Å². The molecule has 0 radical (unpaired) electrons. The second kappa shape index (κ2) is 5.77. The highest BCUT2D eigenvalue weighted by Crippen LogP contribution is 2.24. The Balaban J connectivity index is 1.72. The van der Waals surface area contributed by atoms with Gasteiger partial charge in [0.2, 0.25) is 0 Å². The Hall–Kier alpha value is -3.01. The molecule has 0 bridgehead atoms. The lowest BCUT2D eigenvalue weighted by molar-refractivity contribution is -0.119. The zero-order valence-electron chi connectivity index (χ0n) is 11.7. The predicted octanol–water partition coefficient (Wildman–Crippen LogP) is 2.60. The summed E-state index contributed by atoms with van der Waals surface area (Å²) in [7, 11) is 0. The first-order valence-electron chi connectivity index (χ1n) is 6.89. The molecule has 4 nitrogen and oxygen atoms in total. The van der Waals surface area contributed by atoms with Crippen LogP contribution in [0.2, 0.25) is 0 Å². The molecule has 1 amide bonds. The topological polar surface area (TPSA) is 63.2 Å². The van der Waals surface area contributed by atoms with E-state index in [1.54, 1.807) is 12.1 Å². The van der Waals surface area contributed by atoms with Crippen LogP contribution in [0.4, 0.5) is 5.69 Å². The first-order valence-corrected chi connectivity index (χ1v) is 6.89. The third-order valence-electron chi connectivity index (χ3n) is 3.48. The number of carbonyl (C=O) groups excluding carboxylic acids is 3. The van der Waals surface area contributed by atoms with Gasteiger partial charge in [-0.25, -0.2) is 0 Å². The van der Waals surface area contributed by atoms with Crippen molar-refractivity contribution in [1.29, 1.82) is 0 Å². The summed E-state index contributed by atoms with van der Waals surface area (Å²) in [6.45, 7) is 0. The van der Waals surface area contributed by atoms with E-state index in [9.17, 15) is 14.4 Å². The maximum absolute atomic E-state index is 12.1. The summed E-state index contributed by atoms with van der Waals surface area (Å²) in [6.07, 6.45) is 10.4. The van der Waals surface area contributed by atoms with E-state index >= 15 is 0 Å². The van der Waals surface area contributed by atoms with Gasteiger partial charge in [-0.15, -0.1) is 0 Å². The van der Waals surface area contributed by atoms with Crippen molar-refractivity contribution in [3.63, 3.8) is 0 Å². The molecular formula is C18H13NO3. The van der Waals surface area contributed by atoms with Crippen molar-refractivity contribution in [2.75, 3.05) is 5.32 Å². The zero-order chi connectivity index (χ0) is 15.5. The second-order valence-corrected chi connectivity index (χ2v) is 5.01. The van der Waals surface area contributed by atoms with Crippen LogP contribution in [0.5, 0.6) is 0 Å². The number of ketones is 2. The van der Waals surface area contributed by atoms with Crippen LogP contribution in [0.1, 0.15) is 12.0 Å². The predicted molar refractivity (Wildman–Crippen MR) is 84.0 cm³/mol. The maximum Gasteiger partial charge on any atom is 0.259 e. The molecule has 1 aromatic carbocycles. The van der Waals surface area contributed by atoms with Crippen molar-refractivity contribution in [2.45, 2.75) is 6.42 Å².